The van der Waals surface area contributed by atoms with Crippen LogP contribution in [-0.2, 0) is 9.53 Å². The zero-order valence-corrected chi connectivity index (χ0v) is 17.2. The fraction of sp³-hybridized carbons (Fsp3) is 0.500. The molecule has 7 nitrogen and oxygen atoms in total. The lowest BCUT2D eigenvalue weighted by Gasteiger charge is -2.51. The highest BCUT2D eigenvalue weighted by Gasteiger charge is 2.77. The molecule has 4 fully saturated rings. The first-order valence-electron chi connectivity index (χ1n) is 9.91. The second kappa shape index (κ2) is 5.61. The van der Waals surface area contributed by atoms with Crippen molar-refractivity contribution in [2.45, 2.75) is 51.7 Å². The highest BCUT2D eigenvalue weighted by molar-refractivity contribution is 5.93. The third kappa shape index (κ3) is 2.39. The van der Waals surface area contributed by atoms with Gasteiger partial charge in [0.25, 0.3) is 0 Å². The fourth-order valence-electron chi connectivity index (χ4n) is 5.50. The summed E-state index contributed by atoms with van der Waals surface area (Å²) in [6.45, 7) is 8.91. The average Bonchev–Trinajstić information content (AvgIpc) is 3.29. The van der Waals surface area contributed by atoms with Crippen molar-refractivity contribution >= 4 is 12.0 Å². The maximum Gasteiger partial charge on any atom is 0.246 e. The molecular formula is C22H24N4O3. The number of aryl methyl sites for hydroxylation is 2. The highest BCUT2D eigenvalue weighted by atomic mass is 16.5. The molecule has 2 aromatic rings. The van der Waals surface area contributed by atoms with Crippen molar-refractivity contribution in [2.75, 3.05) is 13.1 Å². The zero-order chi connectivity index (χ0) is 20.6. The van der Waals surface area contributed by atoms with Crippen molar-refractivity contribution in [3.05, 3.63) is 40.9 Å². The van der Waals surface area contributed by atoms with E-state index in [4.69, 9.17) is 9.26 Å². The monoisotopic (exact) mass is 392 g/mol. The SMILES string of the molecule is Cc1cc(-n2c(C)cc(/C=C/C(=O)N3CC4(C3)OC3(C)CC4(C#N)C3)c2C)no1. The van der Waals surface area contributed by atoms with E-state index in [1.54, 1.807) is 11.0 Å². The standard InChI is InChI=1S/C22H24N4O3/c1-14-7-17(16(3)26(14)18-8-15(2)28-24-18)5-6-19(27)25-12-22(13-25)21(11-23)9-20(4,10-21)29-22/h5-8H,9-10,12-13H2,1-4H3/b6-5+. The minimum atomic E-state index is -0.472. The Morgan fingerprint density at radius 3 is 2.62 bits per heavy atom. The van der Waals surface area contributed by atoms with Crippen molar-refractivity contribution < 1.29 is 14.1 Å². The Labute approximate surface area is 169 Å². The van der Waals surface area contributed by atoms with E-state index in [0.29, 0.717) is 13.1 Å². The van der Waals surface area contributed by atoms with E-state index in [0.717, 1.165) is 41.4 Å². The molecule has 1 saturated carbocycles. The molecule has 2 aromatic heterocycles. The van der Waals surface area contributed by atoms with Crippen LogP contribution in [-0.4, -0.2) is 44.8 Å². The van der Waals surface area contributed by atoms with Crippen molar-refractivity contribution in [2.24, 2.45) is 5.41 Å². The van der Waals surface area contributed by atoms with Crippen LogP contribution in [0.1, 0.15) is 42.5 Å². The number of ether oxygens (including phenoxy) is 1. The summed E-state index contributed by atoms with van der Waals surface area (Å²) in [4.78, 5) is 14.4. The van der Waals surface area contributed by atoms with Gasteiger partial charge in [0, 0.05) is 23.5 Å². The van der Waals surface area contributed by atoms with Crippen molar-refractivity contribution in [3.63, 3.8) is 0 Å². The van der Waals surface area contributed by atoms with Gasteiger partial charge in [-0.25, -0.2) is 0 Å². The zero-order valence-electron chi connectivity index (χ0n) is 17.2. The Morgan fingerprint density at radius 1 is 1.28 bits per heavy atom. The number of hydrogen-bond donors (Lipinski definition) is 0. The lowest BCUT2D eigenvalue weighted by atomic mass is 9.55. The molecule has 7 heteroatoms. The van der Waals surface area contributed by atoms with E-state index in [-0.39, 0.29) is 11.5 Å². The van der Waals surface area contributed by atoms with E-state index in [1.165, 1.54) is 0 Å². The summed E-state index contributed by atoms with van der Waals surface area (Å²) < 4.78 is 13.4. The molecule has 2 bridgehead atoms. The molecule has 29 heavy (non-hydrogen) atoms. The van der Waals surface area contributed by atoms with Gasteiger partial charge in [-0.1, -0.05) is 5.16 Å². The van der Waals surface area contributed by atoms with Gasteiger partial charge in [-0.15, -0.1) is 0 Å². The molecule has 1 amide bonds. The van der Waals surface area contributed by atoms with E-state index < -0.39 is 11.0 Å². The smallest absolute Gasteiger partial charge is 0.246 e. The fourth-order valence-corrected chi connectivity index (χ4v) is 5.50. The second-order valence-electron chi connectivity index (χ2n) is 9.08. The largest absolute Gasteiger partial charge is 0.363 e. The van der Waals surface area contributed by atoms with Gasteiger partial charge in [-0.05, 0) is 58.2 Å². The Hall–Kier alpha value is -2.85. The Morgan fingerprint density at radius 2 is 2.00 bits per heavy atom. The molecule has 0 N–H and O–H groups in total. The van der Waals surface area contributed by atoms with Gasteiger partial charge in [0.1, 0.15) is 11.4 Å². The summed E-state index contributed by atoms with van der Waals surface area (Å²) in [6, 6.07) is 6.39. The van der Waals surface area contributed by atoms with Crippen LogP contribution in [0, 0.1) is 37.5 Å². The molecule has 0 unspecified atom stereocenters. The molecule has 1 aliphatic carbocycles. The summed E-state index contributed by atoms with van der Waals surface area (Å²) in [5, 5.41) is 13.7. The van der Waals surface area contributed by atoms with E-state index in [1.807, 2.05) is 43.5 Å². The van der Waals surface area contributed by atoms with Gasteiger partial charge in [-0.3, -0.25) is 9.36 Å². The molecular weight excluding hydrogens is 368 g/mol. The summed E-state index contributed by atoms with van der Waals surface area (Å²) in [6.07, 6.45) is 5.01. The molecule has 3 aliphatic heterocycles. The Kier molecular flexibility index (Phi) is 3.52. The van der Waals surface area contributed by atoms with Crippen LogP contribution in [0.25, 0.3) is 11.9 Å². The van der Waals surface area contributed by atoms with Gasteiger partial charge in [0.15, 0.2) is 5.82 Å². The quantitative estimate of drug-likeness (QED) is 0.750. The van der Waals surface area contributed by atoms with Crippen molar-refractivity contribution in [1.82, 2.24) is 14.6 Å². The number of aromatic nitrogens is 2. The minimum Gasteiger partial charge on any atom is -0.363 e. The lowest BCUT2D eigenvalue weighted by molar-refractivity contribution is -0.164. The third-order valence-electron chi connectivity index (χ3n) is 6.80. The van der Waals surface area contributed by atoms with Crippen molar-refractivity contribution in [1.29, 1.82) is 5.26 Å². The molecule has 0 atom stereocenters. The number of likely N-dealkylation sites (tertiary alicyclic amines) is 1. The van der Waals surface area contributed by atoms with Gasteiger partial charge in [0.2, 0.25) is 5.91 Å². The maximum atomic E-state index is 12.7. The van der Waals surface area contributed by atoms with Crippen LogP contribution < -0.4 is 0 Å². The molecule has 5 heterocycles. The first kappa shape index (κ1) is 18.2. The normalized spacial score (nSPS) is 29.1. The van der Waals surface area contributed by atoms with Crippen LogP contribution in [0.2, 0.25) is 0 Å². The number of nitrogens with zero attached hydrogens (tertiary/aromatic N) is 4. The second-order valence-corrected chi connectivity index (χ2v) is 9.08. The van der Waals surface area contributed by atoms with Crippen LogP contribution in [0.4, 0.5) is 0 Å². The maximum absolute atomic E-state index is 12.7. The third-order valence-corrected chi connectivity index (χ3v) is 6.80. The minimum absolute atomic E-state index is 0.0522. The topological polar surface area (TPSA) is 84.3 Å². The summed E-state index contributed by atoms with van der Waals surface area (Å²) in [5.74, 6) is 1.44. The van der Waals surface area contributed by atoms with E-state index >= 15 is 0 Å². The number of carbonyl (C=O) groups excluding carboxylic acids is 1. The number of nitriles is 1. The van der Waals surface area contributed by atoms with Gasteiger partial charge in [0.05, 0.1) is 30.2 Å². The lowest BCUT2D eigenvalue weighted by Crippen LogP contribution is -2.68. The number of rotatable bonds is 3. The average molecular weight is 392 g/mol. The first-order chi connectivity index (χ1) is 13.7. The number of carbonyl (C=O) groups is 1. The van der Waals surface area contributed by atoms with Crippen molar-refractivity contribution in [3.8, 4) is 11.9 Å². The van der Waals surface area contributed by atoms with Gasteiger partial charge in [-0.2, -0.15) is 5.26 Å². The van der Waals surface area contributed by atoms with Gasteiger partial charge >= 0.3 is 0 Å². The van der Waals surface area contributed by atoms with Crippen LogP contribution in [0.5, 0.6) is 0 Å². The highest BCUT2D eigenvalue weighted by Crippen LogP contribution is 2.68. The Balaban J connectivity index is 1.30. The molecule has 0 aromatic carbocycles. The first-order valence-corrected chi connectivity index (χ1v) is 9.91. The molecule has 0 radical (unpaired) electrons. The molecule has 6 rings (SSSR count). The molecule has 3 saturated heterocycles. The predicted octanol–water partition coefficient (Wildman–Crippen LogP) is 3.08. The number of hydrogen-bond acceptors (Lipinski definition) is 5. The van der Waals surface area contributed by atoms with Crippen LogP contribution in [0.3, 0.4) is 0 Å². The van der Waals surface area contributed by atoms with E-state index in [2.05, 4.69) is 18.1 Å². The molecule has 4 aliphatic rings. The molecule has 150 valence electrons. The van der Waals surface area contributed by atoms with Gasteiger partial charge < -0.3 is 14.2 Å². The number of amides is 1. The molecule has 1 spiro atoms. The summed E-state index contributed by atoms with van der Waals surface area (Å²) >= 11 is 0. The Bertz CT molecular complexity index is 1090. The summed E-state index contributed by atoms with van der Waals surface area (Å²) in [7, 11) is 0. The summed E-state index contributed by atoms with van der Waals surface area (Å²) in [5.41, 5.74) is 1.92. The predicted molar refractivity (Wildman–Crippen MR) is 105 cm³/mol. The van der Waals surface area contributed by atoms with Crippen LogP contribution >= 0.6 is 0 Å². The van der Waals surface area contributed by atoms with Crippen LogP contribution in [0.15, 0.2) is 22.7 Å². The van der Waals surface area contributed by atoms with E-state index in [9.17, 15) is 10.1 Å².